The number of carbonyl (C=O) groups is 3. The number of aromatic amines is 1. The number of hydrogen-bond donors (Lipinski definition) is 2. The van der Waals surface area contributed by atoms with Gasteiger partial charge in [0.1, 0.15) is 11.4 Å². The molecule has 0 aliphatic rings. The molecule has 0 aliphatic heterocycles. The molecule has 1 heterocycles. The molecular weight excluding hydrogens is 312 g/mol. The van der Waals surface area contributed by atoms with Crippen LogP contribution in [0.3, 0.4) is 0 Å². The van der Waals surface area contributed by atoms with E-state index in [9.17, 15) is 14.4 Å². The van der Waals surface area contributed by atoms with Gasteiger partial charge in [-0.2, -0.15) is 0 Å². The monoisotopic (exact) mass is 330 g/mol. The third-order valence-electron chi connectivity index (χ3n) is 3.32. The van der Waals surface area contributed by atoms with Gasteiger partial charge in [0.25, 0.3) is 5.91 Å². The molecule has 2 aromatic rings. The van der Waals surface area contributed by atoms with Crippen LogP contribution in [-0.4, -0.2) is 35.9 Å². The first kappa shape index (κ1) is 17.3. The number of hydrogen-bond acceptors (Lipinski definition) is 5. The van der Waals surface area contributed by atoms with E-state index < -0.39 is 18.0 Å². The summed E-state index contributed by atoms with van der Waals surface area (Å²) in [5.41, 5.74) is 1.05. The first-order valence-corrected chi connectivity index (χ1v) is 7.26. The van der Waals surface area contributed by atoms with Crippen molar-refractivity contribution in [3.8, 4) is 5.75 Å². The summed E-state index contributed by atoms with van der Waals surface area (Å²) in [6.45, 7) is 2.86. The summed E-state index contributed by atoms with van der Waals surface area (Å²) in [5.74, 6) is -0.678. The molecule has 1 atom stereocenters. The molecule has 0 aliphatic carbocycles. The number of nitrogens with one attached hydrogen (secondary N) is 2. The number of esters is 1. The predicted molar refractivity (Wildman–Crippen MR) is 87.3 cm³/mol. The second-order valence-electron chi connectivity index (χ2n) is 5.12. The second kappa shape index (κ2) is 7.45. The number of ketones is 1. The number of carbonyl (C=O) groups excluding carboxylic acids is 3. The SMILES string of the molecule is COc1ccc(NC(=O)[C@H](C)OC(=O)c2cc(C(C)=O)c[nH]2)cc1. The van der Waals surface area contributed by atoms with E-state index in [0.717, 1.165) is 0 Å². The van der Waals surface area contributed by atoms with E-state index in [2.05, 4.69) is 10.3 Å². The smallest absolute Gasteiger partial charge is 0.355 e. The molecular formula is C17H18N2O5. The highest BCUT2D eigenvalue weighted by atomic mass is 16.5. The summed E-state index contributed by atoms with van der Waals surface area (Å²) in [5, 5.41) is 2.64. The molecule has 7 nitrogen and oxygen atoms in total. The van der Waals surface area contributed by atoms with Crippen LogP contribution in [0, 0.1) is 0 Å². The predicted octanol–water partition coefficient (Wildman–Crippen LogP) is 2.41. The zero-order valence-electron chi connectivity index (χ0n) is 13.6. The lowest BCUT2D eigenvalue weighted by atomic mass is 10.2. The van der Waals surface area contributed by atoms with Crippen LogP contribution in [0.1, 0.15) is 34.7 Å². The van der Waals surface area contributed by atoms with Crippen molar-refractivity contribution in [3.63, 3.8) is 0 Å². The number of ether oxygens (including phenoxy) is 2. The van der Waals surface area contributed by atoms with Gasteiger partial charge in [0.15, 0.2) is 11.9 Å². The van der Waals surface area contributed by atoms with Crippen molar-refractivity contribution >= 4 is 23.3 Å². The number of benzene rings is 1. The molecule has 126 valence electrons. The Morgan fingerprint density at radius 1 is 1.17 bits per heavy atom. The van der Waals surface area contributed by atoms with E-state index in [1.165, 1.54) is 26.1 Å². The quantitative estimate of drug-likeness (QED) is 0.626. The Morgan fingerprint density at radius 3 is 2.38 bits per heavy atom. The van der Waals surface area contributed by atoms with E-state index in [0.29, 0.717) is 17.0 Å². The summed E-state index contributed by atoms with van der Waals surface area (Å²) < 4.78 is 10.1. The van der Waals surface area contributed by atoms with Crippen LogP contribution in [-0.2, 0) is 9.53 Å². The first-order chi connectivity index (χ1) is 11.4. The van der Waals surface area contributed by atoms with Crippen LogP contribution in [0.4, 0.5) is 5.69 Å². The molecule has 0 bridgehead atoms. The molecule has 1 aromatic carbocycles. The fourth-order valence-corrected chi connectivity index (χ4v) is 1.91. The largest absolute Gasteiger partial charge is 0.497 e. The lowest BCUT2D eigenvalue weighted by Gasteiger charge is -2.13. The van der Waals surface area contributed by atoms with Crippen molar-refractivity contribution in [2.45, 2.75) is 20.0 Å². The molecule has 1 aromatic heterocycles. The number of amides is 1. The molecule has 0 saturated carbocycles. The van der Waals surface area contributed by atoms with E-state index in [1.807, 2.05) is 0 Å². The number of Topliss-reactive ketones (excluding diaryl/α,β-unsaturated/α-hetero) is 1. The first-order valence-electron chi connectivity index (χ1n) is 7.26. The molecule has 0 spiro atoms. The van der Waals surface area contributed by atoms with Crippen LogP contribution in [0.15, 0.2) is 36.5 Å². The number of H-pyrrole nitrogens is 1. The zero-order valence-corrected chi connectivity index (χ0v) is 13.6. The molecule has 2 rings (SSSR count). The third-order valence-corrected chi connectivity index (χ3v) is 3.32. The Kier molecular flexibility index (Phi) is 5.36. The maximum absolute atomic E-state index is 12.1. The summed E-state index contributed by atoms with van der Waals surface area (Å²) in [4.78, 5) is 37.9. The van der Waals surface area contributed by atoms with Gasteiger partial charge in [-0.3, -0.25) is 9.59 Å². The molecule has 24 heavy (non-hydrogen) atoms. The van der Waals surface area contributed by atoms with Crippen molar-refractivity contribution in [1.82, 2.24) is 4.98 Å². The second-order valence-corrected chi connectivity index (χ2v) is 5.12. The van der Waals surface area contributed by atoms with Gasteiger partial charge in [-0.05, 0) is 44.2 Å². The van der Waals surface area contributed by atoms with Crippen molar-refractivity contribution in [3.05, 3.63) is 47.8 Å². The molecule has 0 saturated heterocycles. The fourth-order valence-electron chi connectivity index (χ4n) is 1.91. The summed E-state index contributed by atoms with van der Waals surface area (Å²) >= 11 is 0. The maximum Gasteiger partial charge on any atom is 0.355 e. The van der Waals surface area contributed by atoms with Gasteiger partial charge in [0, 0.05) is 17.4 Å². The minimum Gasteiger partial charge on any atom is -0.497 e. The minimum absolute atomic E-state index is 0.115. The Morgan fingerprint density at radius 2 is 1.83 bits per heavy atom. The zero-order chi connectivity index (χ0) is 17.7. The number of aromatic nitrogens is 1. The standard InChI is InChI=1S/C17H18N2O5/c1-10(20)12-8-15(18-9-12)17(22)24-11(2)16(21)19-13-4-6-14(23-3)7-5-13/h4-9,11,18H,1-3H3,(H,19,21)/t11-/m0/s1. The lowest BCUT2D eigenvalue weighted by molar-refractivity contribution is -0.123. The molecule has 0 radical (unpaired) electrons. The Hall–Kier alpha value is -3.09. The van der Waals surface area contributed by atoms with E-state index in [4.69, 9.17) is 9.47 Å². The topological polar surface area (TPSA) is 97.5 Å². The lowest BCUT2D eigenvalue weighted by Crippen LogP contribution is -2.30. The van der Waals surface area contributed by atoms with Crippen LogP contribution in [0.25, 0.3) is 0 Å². The highest BCUT2D eigenvalue weighted by Crippen LogP contribution is 2.15. The Labute approximate surface area is 139 Å². The van der Waals surface area contributed by atoms with Crippen molar-refractivity contribution < 1.29 is 23.9 Å². The molecule has 1 amide bonds. The average molecular weight is 330 g/mol. The van der Waals surface area contributed by atoms with Crippen molar-refractivity contribution in [2.75, 3.05) is 12.4 Å². The minimum atomic E-state index is -0.997. The molecule has 7 heteroatoms. The van der Waals surface area contributed by atoms with Gasteiger partial charge in [0.05, 0.1) is 7.11 Å². The summed E-state index contributed by atoms with van der Waals surface area (Å²) in [6.07, 6.45) is 0.421. The number of rotatable bonds is 6. The van der Waals surface area contributed by atoms with Gasteiger partial charge < -0.3 is 19.8 Å². The third kappa shape index (κ3) is 4.22. The van der Waals surface area contributed by atoms with Crippen molar-refractivity contribution in [2.24, 2.45) is 0 Å². The van der Waals surface area contributed by atoms with Gasteiger partial charge >= 0.3 is 5.97 Å². The van der Waals surface area contributed by atoms with Crippen LogP contribution in [0.5, 0.6) is 5.75 Å². The highest BCUT2D eigenvalue weighted by molar-refractivity contribution is 5.99. The number of anilines is 1. The van der Waals surface area contributed by atoms with Crippen LogP contribution >= 0.6 is 0 Å². The maximum atomic E-state index is 12.1. The molecule has 2 N–H and O–H groups in total. The van der Waals surface area contributed by atoms with Gasteiger partial charge in [-0.1, -0.05) is 0 Å². The molecule has 0 unspecified atom stereocenters. The fraction of sp³-hybridized carbons (Fsp3) is 0.235. The highest BCUT2D eigenvalue weighted by Gasteiger charge is 2.20. The van der Waals surface area contributed by atoms with Gasteiger partial charge in [0.2, 0.25) is 0 Å². The van der Waals surface area contributed by atoms with E-state index in [1.54, 1.807) is 31.4 Å². The van der Waals surface area contributed by atoms with Gasteiger partial charge in [-0.15, -0.1) is 0 Å². The number of methoxy groups -OCH3 is 1. The molecule has 0 fully saturated rings. The van der Waals surface area contributed by atoms with Crippen LogP contribution in [0.2, 0.25) is 0 Å². The summed E-state index contributed by atoms with van der Waals surface area (Å²) in [6, 6.07) is 8.15. The Bertz CT molecular complexity index is 749. The van der Waals surface area contributed by atoms with Gasteiger partial charge in [-0.25, -0.2) is 4.79 Å². The van der Waals surface area contributed by atoms with E-state index in [-0.39, 0.29) is 11.5 Å². The normalized spacial score (nSPS) is 11.5. The van der Waals surface area contributed by atoms with Crippen molar-refractivity contribution in [1.29, 1.82) is 0 Å². The summed E-state index contributed by atoms with van der Waals surface area (Å²) in [7, 11) is 1.55. The van der Waals surface area contributed by atoms with E-state index >= 15 is 0 Å². The Balaban J connectivity index is 1.94. The average Bonchev–Trinajstić information content (AvgIpc) is 3.06. The van der Waals surface area contributed by atoms with Crippen LogP contribution < -0.4 is 10.1 Å².